The third kappa shape index (κ3) is 4.60. The van der Waals surface area contributed by atoms with Gasteiger partial charge in [0.1, 0.15) is 0 Å². The van der Waals surface area contributed by atoms with Crippen molar-refractivity contribution in [3.8, 4) is 0 Å². The first kappa shape index (κ1) is 13.1. The van der Waals surface area contributed by atoms with Gasteiger partial charge in [-0.25, -0.2) is 0 Å². The van der Waals surface area contributed by atoms with Crippen LogP contribution in [0.4, 0.5) is 0 Å². The van der Waals surface area contributed by atoms with Crippen molar-refractivity contribution in [3.63, 3.8) is 0 Å². The molecule has 0 saturated heterocycles. The van der Waals surface area contributed by atoms with Crippen LogP contribution in [0.1, 0.15) is 40.0 Å². The zero-order chi connectivity index (χ0) is 11.3. The third-order valence-electron chi connectivity index (χ3n) is 2.57. The number of rotatable bonds is 4. The van der Waals surface area contributed by atoms with Gasteiger partial charge in [-0.3, -0.25) is 0 Å². The fourth-order valence-corrected chi connectivity index (χ4v) is 3.56. The van der Waals surface area contributed by atoms with Crippen molar-refractivity contribution in [2.45, 2.75) is 57.4 Å². The highest BCUT2D eigenvalue weighted by Gasteiger charge is 2.27. The van der Waals surface area contributed by atoms with Crippen molar-refractivity contribution in [2.75, 3.05) is 5.75 Å². The monoisotopic (exact) mass is 246 g/mol. The van der Waals surface area contributed by atoms with Gasteiger partial charge in [0.2, 0.25) is 0 Å². The summed E-state index contributed by atoms with van der Waals surface area (Å²) in [4.78, 5) is 0. The summed E-state index contributed by atoms with van der Waals surface area (Å²) in [6.07, 6.45) is 3.93. The number of hydrogen-bond acceptors (Lipinski definition) is 2. The first-order valence-electron chi connectivity index (χ1n) is 5.82. The fraction of sp³-hybridized carbons (Fsp3) is 0.909. The van der Waals surface area contributed by atoms with E-state index in [9.17, 15) is 0 Å². The summed E-state index contributed by atoms with van der Waals surface area (Å²) < 4.78 is 0. The molecule has 0 bridgehead atoms. The molecule has 88 valence electrons. The average Bonchev–Trinajstić information content (AvgIpc) is 2.52. The molecule has 0 heterocycles. The molecule has 2 nitrogen and oxygen atoms in total. The second-order valence-electron chi connectivity index (χ2n) is 4.30. The lowest BCUT2D eigenvalue weighted by atomic mass is 10.2. The maximum atomic E-state index is 5.27. The molecule has 4 heteroatoms. The van der Waals surface area contributed by atoms with Crippen molar-refractivity contribution in [2.24, 2.45) is 0 Å². The van der Waals surface area contributed by atoms with E-state index in [1.165, 1.54) is 25.0 Å². The lowest BCUT2D eigenvalue weighted by Gasteiger charge is -2.23. The minimum atomic E-state index is 0.420. The van der Waals surface area contributed by atoms with Crippen molar-refractivity contribution in [1.82, 2.24) is 10.6 Å². The second-order valence-corrected chi connectivity index (χ2v) is 6.23. The minimum absolute atomic E-state index is 0.420. The first-order valence-corrected chi connectivity index (χ1v) is 7.27. The van der Waals surface area contributed by atoms with E-state index in [0.717, 1.165) is 10.4 Å². The summed E-state index contributed by atoms with van der Waals surface area (Å²) in [5.41, 5.74) is 0. The van der Waals surface area contributed by atoms with Gasteiger partial charge in [-0.1, -0.05) is 13.3 Å². The van der Waals surface area contributed by atoms with Gasteiger partial charge < -0.3 is 10.6 Å². The van der Waals surface area contributed by atoms with Gasteiger partial charge in [0.25, 0.3) is 0 Å². The standard InChI is InChI=1S/C11H22N2S2/c1-4-15-10-7-5-6-9(10)13-11(14)12-8(2)3/h8-10H,4-7H2,1-3H3,(H2,12,13,14). The molecule has 0 aromatic rings. The molecule has 0 aliphatic heterocycles. The van der Waals surface area contributed by atoms with Gasteiger partial charge in [-0.05, 0) is 44.7 Å². The number of nitrogens with one attached hydrogen (secondary N) is 2. The lowest BCUT2D eigenvalue weighted by molar-refractivity contribution is 0.617. The Labute approximate surface area is 103 Å². The van der Waals surface area contributed by atoms with Crippen molar-refractivity contribution in [3.05, 3.63) is 0 Å². The summed E-state index contributed by atoms with van der Waals surface area (Å²) in [7, 11) is 0. The van der Waals surface area contributed by atoms with E-state index < -0.39 is 0 Å². The molecular weight excluding hydrogens is 224 g/mol. The Hall–Kier alpha value is 0.0400. The molecule has 1 rings (SSSR count). The molecule has 0 aromatic heterocycles. The molecule has 0 amide bonds. The van der Waals surface area contributed by atoms with Gasteiger partial charge >= 0.3 is 0 Å². The predicted molar refractivity (Wildman–Crippen MR) is 73.6 cm³/mol. The van der Waals surface area contributed by atoms with Crippen LogP contribution in [0.2, 0.25) is 0 Å². The first-order chi connectivity index (χ1) is 7.13. The third-order valence-corrected chi connectivity index (χ3v) is 4.13. The van der Waals surface area contributed by atoms with Gasteiger partial charge in [0.05, 0.1) is 0 Å². The fourth-order valence-electron chi connectivity index (χ4n) is 1.98. The minimum Gasteiger partial charge on any atom is -0.361 e. The van der Waals surface area contributed by atoms with E-state index in [4.69, 9.17) is 12.2 Å². The van der Waals surface area contributed by atoms with Crippen LogP contribution >= 0.6 is 24.0 Å². The molecule has 1 fully saturated rings. The van der Waals surface area contributed by atoms with E-state index in [-0.39, 0.29) is 0 Å². The predicted octanol–water partition coefficient (Wildman–Crippen LogP) is 2.53. The number of thiocarbonyl (C=S) groups is 1. The zero-order valence-corrected chi connectivity index (χ0v) is 11.5. The summed E-state index contributed by atoms with van der Waals surface area (Å²) in [5, 5.41) is 8.26. The van der Waals surface area contributed by atoms with Gasteiger partial charge in [-0.15, -0.1) is 0 Å². The molecule has 0 radical (unpaired) electrons. The Morgan fingerprint density at radius 1 is 1.47 bits per heavy atom. The lowest BCUT2D eigenvalue weighted by Crippen LogP contribution is -2.46. The van der Waals surface area contributed by atoms with Crippen molar-refractivity contribution < 1.29 is 0 Å². The Balaban J connectivity index is 2.33. The van der Waals surface area contributed by atoms with Crippen LogP contribution in [0.15, 0.2) is 0 Å². The molecule has 1 aliphatic rings. The molecule has 0 spiro atoms. The summed E-state index contributed by atoms with van der Waals surface area (Å²) in [6.45, 7) is 6.45. The van der Waals surface area contributed by atoms with Crippen LogP contribution in [0.3, 0.4) is 0 Å². The van der Waals surface area contributed by atoms with Crippen molar-refractivity contribution in [1.29, 1.82) is 0 Å². The molecular formula is C11H22N2S2. The molecule has 15 heavy (non-hydrogen) atoms. The highest BCUT2D eigenvalue weighted by Crippen LogP contribution is 2.29. The molecule has 2 N–H and O–H groups in total. The average molecular weight is 246 g/mol. The SMILES string of the molecule is CCSC1CCCC1NC(=S)NC(C)C. The molecule has 2 atom stereocenters. The smallest absolute Gasteiger partial charge is 0.166 e. The van der Waals surface area contributed by atoms with Crippen LogP contribution < -0.4 is 10.6 Å². The van der Waals surface area contributed by atoms with Crippen LogP contribution in [0.5, 0.6) is 0 Å². The topological polar surface area (TPSA) is 24.1 Å². The summed E-state index contributed by atoms with van der Waals surface area (Å²) in [5.74, 6) is 1.20. The van der Waals surface area contributed by atoms with E-state index in [2.05, 4.69) is 43.2 Å². The Morgan fingerprint density at radius 2 is 2.20 bits per heavy atom. The maximum absolute atomic E-state index is 5.27. The van der Waals surface area contributed by atoms with Gasteiger partial charge in [0.15, 0.2) is 5.11 Å². The summed E-state index contributed by atoms with van der Waals surface area (Å²) >= 11 is 7.33. The van der Waals surface area contributed by atoms with E-state index in [0.29, 0.717) is 12.1 Å². The molecule has 2 unspecified atom stereocenters. The number of thioether (sulfide) groups is 1. The van der Waals surface area contributed by atoms with Crippen LogP contribution in [0, 0.1) is 0 Å². The maximum Gasteiger partial charge on any atom is 0.166 e. The quantitative estimate of drug-likeness (QED) is 0.745. The van der Waals surface area contributed by atoms with Crippen LogP contribution in [0.25, 0.3) is 0 Å². The Kier molecular flexibility index (Phi) is 5.75. The molecule has 1 aliphatic carbocycles. The van der Waals surface area contributed by atoms with E-state index in [1.807, 2.05) is 0 Å². The highest BCUT2D eigenvalue weighted by molar-refractivity contribution is 7.99. The number of hydrogen-bond donors (Lipinski definition) is 2. The van der Waals surface area contributed by atoms with E-state index >= 15 is 0 Å². The van der Waals surface area contributed by atoms with Gasteiger partial charge in [-0.2, -0.15) is 11.8 Å². The largest absolute Gasteiger partial charge is 0.361 e. The van der Waals surface area contributed by atoms with Gasteiger partial charge in [0, 0.05) is 17.3 Å². The molecule has 1 saturated carbocycles. The summed E-state index contributed by atoms with van der Waals surface area (Å²) in [6, 6.07) is 0.998. The van der Waals surface area contributed by atoms with Crippen LogP contribution in [-0.2, 0) is 0 Å². The second kappa shape index (κ2) is 6.59. The Bertz CT molecular complexity index is 207. The zero-order valence-electron chi connectivity index (χ0n) is 9.88. The normalized spacial score (nSPS) is 25.6. The Morgan fingerprint density at radius 3 is 2.80 bits per heavy atom. The highest BCUT2D eigenvalue weighted by atomic mass is 32.2. The van der Waals surface area contributed by atoms with E-state index in [1.54, 1.807) is 0 Å². The molecule has 0 aromatic carbocycles. The van der Waals surface area contributed by atoms with Crippen LogP contribution in [-0.4, -0.2) is 28.2 Å². The van der Waals surface area contributed by atoms with Crippen molar-refractivity contribution >= 4 is 29.1 Å².